The molecule has 24 heavy (non-hydrogen) atoms. The number of nitrogens with one attached hydrogen (secondary N) is 1. The Labute approximate surface area is 141 Å². The summed E-state index contributed by atoms with van der Waals surface area (Å²) >= 11 is 0. The number of benzene rings is 2. The summed E-state index contributed by atoms with van der Waals surface area (Å²) in [5.74, 6) is -0.243. The number of hydrogen-bond acceptors (Lipinski definition) is 2. The summed E-state index contributed by atoms with van der Waals surface area (Å²) in [6, 6.07) is 14.4. The van der Waals surface area contributed by atoms with Crippen LogP contribution in [0.15, 0.2) is 60.2 Å². The van der Waals surface area contributed by atoms with Gasteiger partial charge in [0.2, 0.25) is 0 Å². The molecular formula is C20H21FN2O. The monoisotopic (exact) mass is 324 g/mol. The van der Waals surface area contributed by atoms with Crippen LogP contribution < -0.4 is 5.32 Å². The van der Waals surface area contributed by atoms with Gasteiger partial charge >= 0.3 is 0 Å². The zero-order valence-corrected chi connectivity index (χ0v) is 13.8. The molecule has 0 unspecified atom stereocenters. The van der Waals surface area contributed by atoms with E-state index in [0.29, 0.717) is 0 Å². The van der Waals surface area contributed by atoms with Crippen LogP contribution in [0.25, 0.3) is 0 Å². The van der Waals surface area contributed by atoms with Crippen LogP contribution in [0.1, 0.15) is 17.5 Å². The van der Waals surface area contributed by atoms with E-state index in [1.54, 1.807) is 12.1 Å². The Morgan fingerprint density at radius 2 is 1.83 bits per heavy atom. The van der Waals surface area contributed by atoms with Crippen LogP contribution >= 0.6 is 0 Å². The van der Waals surface area contributed by atoms with Crippen molar-refractivity contribution in [3.8, 4) is 0 Å². The predicted molar refractivity (Wildman–Crippen MR) is 94.2 cm³/mol. The molecule has 0 saturated heterocycles. The van der Waals surface area contributed by atoms with Crippen LogP contribution in [0.2, 0.25) is 0 Å². The Morgan fingerprint density at radius 3 is 2.46 bits per heavy atom. The van der Waals surface area contributed by atoms with Gasteiger partial charge in [0.05, 0.1) is 0 Å². The van der Waals surface area contributed by atoms with Gasteiger partial charge in [0.25, 0.3) is 5.91 Å². The van der Waals surface area contributed by atoms with Gasteiger partial charge < -0.3 is 5.32 Å². The summed E-state index contributed by atoms with van der Waals surface area (Å²) in [6.45, 7) is 4.34. The third-order valence-corrected chi connectivity index (χ3v) is 4.21. The van der Waals surface area contributed by atoms with Crippen molar-refractivity contribution in [2.45, 2.75) is 19.9 Å². The topological polar surface area (TPSA) is 32.3 Å². The zero-order valence-electron chi connectivity index (χ0n) is 13.8. The molecule has 0 aromatic heterocycles. The van der Waals surface area contributed by atoms with E-state index in [2.05, 4.69) is 10.2 Å². The molecule has 0 saturated carbocycles. The molecule has 124 valence electrons. The largest absolute Gasteiger partial charge is 0.322 e. The van der Waals surface area contributed by atoms with Gasteiger partial charge in [-0.1, -0.05) is 35.9 Å². The summed E-state index contributed by atoms with van der Waals surface area (Å²) in [7, 11) is 0. The standard InChI is InChI=1S/C20H21FN2O/c1-15-2-8-19(9-3-15)22-20(24)17-10-12-23(13-11-17)14-16-4-6-18(21)7-5-16/h2-10H,11-14H2,1H3,(H,22,24). The first-order valence-corrected chi connectivity index (χ1v) is 8.14. The van der Waals surface area contributed by atoms with Crippen LogP contribution in [0.5, 0.6) is 0 Å². The Kier molecular flexibility index (Phi) is 5.06. The highest BCUT2D eigenvalue weighted by Crippen LogP contribution is 2.17. The molecule has 0 bridgehead atoms. The lowest BCUT2D eigenvalue weighted by atomic mass is 10.1. The lowest BCUT2D eigenvalue weighted by Gasteiger charge is -2.26. The number of hydrogen-bond donors (Lipinski definition) is 1. The molecule has 0 atom stereocenters. The van der Waals surface area contributed by atoms with E-state index < -0.39 is 0 Å². The molecule has 1 N–H and O–H groups in total. The fourth-order valence-corrected chi connectivity index (χ4v) is 2.76. The fraction of sp³-hybridized carbons (Fsp3) is 0.250. The van der Waals surface area contributed by atoms with E-state index in [1.165, 1.54) is 17.7 Å². The predicted octanol–water partition coefficient (Wildman–Crippen LogP) is 3.90. The van der Waals surface area contributed by atoms with Crippen LogP contribution in [-0.2, 0) is 11.3 Å². The first-order chi connectivity index (χ1) is 11.6. The second-order valence-corrected chi connectivity index (χ2v) is 6.16. The van der Waals surface area contributed by atoms with E-state index in [0.717, 1.165) is 42.9 Å². The van der Waals surface area contributed by atoms with Crippen molar-refractivity contribution in [2.75, 3.05) is 18.4 Å². The Morgan fingerprint density at radius 1 is 1.12 bits per heavy atom. The number of anilines is 1. The fourth-order valence-electron chi connectivity index (χ4n) is 2.76. The zero-order chi connectivity index (χ0) is 16.9. The highest BCUT2D eigenvalue weighted by Gasteiger charge is 2.17. The van der Waals surface area contributed by atoms with E-state index in [4.69, 9.17) is 0 Å². The number of carbonyl (C=O) groups excluding carboxylic acids is 1. The van der Waals surface area contributed by atoms with Gasteiger partial charge in [-0.3, -0.25) is 9.69 Å². The summed E-state index contributed by atoms with van der Waals surface area (Å²) < 4.78 is 12.9. The first-order valence-electron chi connectivity index (χ1n) is 8.14. The van der Waals surface area contributed by atoms with Crippen LogP contribution in [0, 0.1) is 12.7 Å². The highest BCUT2D eigenvalue weighted by atomic mass is 19.1. The van der Waals surface area contributed by atoms with Crippen molar-refractivity contribution in [3.05, 3.63) is 77.1 Å². The van der Waals surface area contributed by atoms with Crippen LogP contribution in [0.4, 0.5) is 10.1 Å². The van der Waals surface area contributed by atoms with Crippen LogP contribution in [-0.4, -0.2) is 23.9 Å². The van der Waals surface area contributed by atoms with Gasteiger partial charge in [0.15, 0.2) is 0 Å². The van der Waals surface area contributed by atoms with E-state index in [-0.39, 0.29) is 11.7 Å². The average Bonchev–Trinajstić information content (AvgIpc) is 2.59. The third-order valence-electron chi connectivity index (χ3n) is 4.21. The number of rotatable bonds is 4. The molecule has 1 heterocycles. The molecule has 4 heteroatoms. The minimum absolute atomic E-state index is 0.0275. The molecule has 1 aliphatic rings. The molecule has 3 rings (SSSR count). The Hall–Kier alpha value is -2.46. The molecule has 0 fully saturated rings. The van der Waals surface area contributed by atoms with E-state index in [9.17, 15) is 9.18 Å². The van der Waals surface area contributed by atoms with E-state index >= 15 is 0 Å². The number of aryl methyl sites for hydroxylation is 1. The van der Waals surface area contributed by atoms with Crippen molar-refractivity contribution in [1.29, 1.82) is 0 Å². The molecule has 0 spiro atoms. The minimum atomic E-state index is -0.215. The summed E-state index contributed by atoms with van der Waals surface area (Å²) in [5, 5.41) is 2.94. The maximum Gasteiger partial charge on any atom is 0.251 e. The Bertz CT molecular complexity index is 735. The Balaban J connectivity index is 1.55. The van der Waals surface area contributed by atoms with Gasteiger partial charge in [0.1, 0.15) is 5.82 Å². The molecule has 2 aromatic carbocycles. The van der Waals surface area contributed by atoms with Gasteiger partial charge in [0, 0.05) is 30.9 Å². The van der Waals surface area contributed by atoms with Crippen molar-refractivity contribution in [2.24, 2.45) is 0 Å². The normalized spacial score (nSPS) is 15.0. The van der Waals surface area contributed by atoms with Gasteiger partial charge in [-0.05, 0) is 43.2 Å². The van der Waals surface area contributed by atoms with Gasteiger partial charge in [-0.25, -0.2) is 4.39 Å². The van der Waals surface area contributed by atoms with Gasteiger partial charge in [-0.15, -0.1) is 0 Å². The number of halogens is 1. The second-order valence-electron chi connectivity index (χ2n) is 6.16. The average molecular weight is 324 g/mol. The van der Waals surface area contributed by atoms with E-state index in [1.807, 2.05) is 37.3 Å². The summed E-state index contributed by atoms with van der Waals surface area (Å²) in [4.78, 5) is 14.6. The molecule has 1 aliphatic heterocycles. The lowest BCUT2D eigenvalue weighted by Crippen LogP contribution is -2.31. The maximum atomic E-state index is 12.9. The minimum Gasteiger partial charge on any atom is -0.322 e. The summed E-state index contributed by atoms with van der Waals surface area (Å²) in [6.07, 6.45) is 2.70. The SMILES string of the molecule is Cc1ccc(NC(=O)C2=CCN(Cc3ccc(F)cc3)CC2)cc1. The third kappa shape index (κ3) is 4.30. The van der Waals surface area contributed by atoms with Crippen molar-refractivity contribution >= 4 is 11.6 Å². The number of carbonyl (C=O) groups is 1. The molecule has 0 aliphatic carbocycles. The maximum absolute atomic E-state index is 12.9. The molecule has 3 nitrogen and oxygen atoms in total. The highest BCUT2D eigenvalue weighted by molar-refractivity contribution is 6.03. The number of amides is 1. The van der Waals surface area contributed by atoms with Crippen molar-refractivity contribution in [1.82, 2.24) is 4.90 Å². The van der Waals surface area contributed by atoms with Crippen molar-refractivity contribution < 1.29 is 9.18 Å². The molecule has 2 aromatic rings. The van der Waals surface area contributed by atoms with Gasteiger partial charge in [-0.2, -0.15) is 0 Å². The lowest BCUT2D eigenvalue weighted by molar-refractivity contribution is -0.113. The quantitative estimate of drug-likeness (QED) is 0.925. The second kappa shape index (κ2) is 7.41. The smallest absolute Gasteiger partial charge is 0.251 e. The first kappa shape index (κ1) is 16.4. The number of nitrogens with zero attached hydrogens (tertiary/aromatic N) is 1. The van der Waals surface area contributed by atoms with Crippen LogP contribution in [0.3, 0.4) is 0 Å². The molecule has 1 amide bonds. The molecule has 0 radical (unpaired) electrons. The van der Waals surface area contributed by atoms with Crippen molar-refractivity contribution in [3.63, 3.8) is 0 Å². The summed E-state index contributed by atoms with van der Waals surface area (Å²) in [5.41, 5.74) is 3.89. The molecular weight excluding hydrogens is 303 g/mol.